The van der Waals surface area contributed by atoms with E-state index >= 15 is 0 Å². The van der Waals surface area contributed by atoms with Crippen molar-refractivity contribution in [3.05, 3.63) is 35.4 Å². The number of hydrogen-bond acceptors (Lipinski definition) is 1. The molecule has 2 N–H and O–H groups in total. The van der Waals surface area contributed by atoms with Gasteiger partial charge in [0.15, 0.2) is 0 Å². The van der Waals surface area contributed by atoms with Gasteiger partial charge in [0.2, 0.25) is 0 Å². The van der Waals surface area contributed by atoms with Gasteiger partial charge in [-0.1, -0.05) is 51.5 Å². The highest BCUT2D eigenvalue weighted by Gasteiger charge is 2.09. The van der Waals surface area contributed by atoms with E-state index in [9.17, 15) is 0 Å². The van der Waals surface area contributed by atoms with E-state index in [4.69, 9.17) is 5.73 Å². The molecule has 0 spiro atoms. The number of hydrogen-bond donors (Lipinski definition) is 1. The van der Waals surface area contributed by atoms with Gasteiger partial charge in [0.05, 0.1) is 0 Å². The van der Waals surface area contributed by atoms with Crippen LogP contribution in [0.25, 0.3) is 0 Å². The molecule has 14 heavy (non-hydrogen) atoms. The molecule has 0 aliphatic rings. The zero-order chi connectivity index (χ0) is 10.6. The molecule has 0 saturated carbocycles. The Morgan fingerprint density at radius 2 is 1.71 bits per heavy atom. The van der Waals surface area contributed by atoms with Crippen LogP contribution in [0, 0.1) is 5.92 Å². The molecule has 1 aromatic rings. The molecule has 0 heterocycles. The van der Waals surface area contributed by atoms with Crippen molar-refractivity contribution in [3.8, 4) is 0 Å². The van der Waals surface area contributed by atoms with Gasteiger partial charge in [-0.2, -0.15) is 0 Å². The lowest BCUT2D eigenvalue weighted by Gasteiger charge is -2.16. The zero-order valence-electron chi connectivity index (χ0n) is 9.46. The van der Waals surface area contributed by atoms with Crippen LogP contribution >= 0.6 is 0 Å². The van der Waals surface area contributed by atoms with Gasteiger partial charge in [0, 0.05) is 6.04 Å². The summed E-state index contributed by atoms with van der Waals surface area (Å²) in [7, 11) is 0. The molecule has 1 atom stereocenters. The van der Waals surface area contributed by atoms with Gasteiger partial charge in [-0.15, -0.1) is 0 Å². The summed E-state index contributed by atoms with van der Waals surface area (Å²) in [5.74, 6) is 0.507. The molecule has 0 amide bonds. The van der Waals surface area contributed by atoms with Gasteiger partial charge in [-0.3, -0.25) is 0 Å². The van der Waals surface area contributed by atoms with E-state index in [1.807, 2.05) is 0 Å². The van der Waals surface area contributed by atoms with Crippen LogP contribution in [0.5, 0.6) is 0 Å². The Bertz CT molecular complexity index is 261. The largest absolute Gasteiger partial charge is 0.324 e. The van der Waals surface area contributed by atoms with Crippen LogP contribution in [-0.4, -0.2) is 0 Å². The molecule has 0 radical (unpaired) electrons. The Hall–Kier alpha value is -0.820. The maximum atomic E-state index is 6.06. The summed E-state index contributed by atoms with van der Waals surface area (Å²) in [4.78, 5) is 0. The normalized spacial score (nSPS) is 13.2. The maximum absolute atomic E-state index is 6.06. The molecule has 1 nitrogen and oxygen atoms in total. The van der Waals surface area contributed by atoms with Crippen molar-refractivity contribution in [2.75, 3.05) is 0 Å². The van der Waals surface area contributed by atoms with Crippen LogP contribution in [0.3, 0.4) is 0 Å². The predicted molar refractivity (Wildman–Crippen MR) is 62.2 cm³/mol. The van der Waals surface area contributed by atoms with Crippen LogP contribution in [0.1, 0.15) is 44.4 Å². The lowest BCUT2D eigenvalue weighted by Crippen LogP contribution is -2.16. The Morgan fingerprint density at radius 3 is 2.14 bits per heavy atom. The van der Waals surface area contributed by atoms with E-state index in [-0.39, 0.29) is 6.04 Å². The monoisotopic (exact) mass is 191 g/mol. The first-order valence-electron chi connectivity index (χ1n) is 5.49. The van der Waals surface area contributed by atoms with Gasteiger partial charge in [-0.05, 0) is 23.5 Å². The maximum Gasteiger partial charge on any atom is 0.0318 e. The average molecular weight is 191 g/mol. The van der Waals surface area contributed by atoms with Gasteiger partial charge < -0.3 is 5.73 Å². The van der Waals surface area contributed by atoms with E-state index in [0.29, 0.717) is 5.92 Å². The van der Waals surface area contributed by atoms with Crippen molar-refractivity contribution in [2.45, 2.75) is 39.7 Å². The molecule has 0 aliphatic carbocycles. The smallest absolute Gasteiger partial charge is 0.0318 e. The molecular formula is C13H21N. The van der Waals surface area contributed by atoms with Crippen molar-refractivity contribution in [1.29, 1.82) is 0 Å². The minimum absolute atomic E-state index is 0.172. The molecule has 0 aliphatic heterocycles. The van der Waals surface area contributed by atoms with E-state index < -0.39 is 0 Å². The first-order valence-corrected chi connectivity index (χ1v) is 5.49. The lowest BCUT2D eigenvalue weighted by atomic mass is 9.96. The number of benzene rings is 1. The molecule has 0 bridgehead atoms. The summed E-state index contributed by atoms with van der Waals surface area (Å²) in [5.41, 5.74) is 8.72. The Labute approximate surface area is 87.3 Å². The average Bonchev–Trinajstić information content (AvgIpc) is 2.18. The zero-order valence-corrected chi connectivity index (χ0v) is 9.46. The molecule has 78 valence electrons. The van der Waals surface area contributed by atoms with Crippen LogP contribution in [0.15, 0.2) is 24.3 Å². The standard InChI is InChI=1S/C13H21N/c1-4-5-11-6-8-12(9-7-11)13(14)10(2)3/h6-10,13H,4-5,14H2,1-3H3/t13-/m1/s1. The molecule has 0 fully saturated rings. The first-order chi connectivity index (χ1) is 6.65. The van der Waals surface area contributed by atoms with Gasteiger partial charge in [0.1, 0.15) is 0 Å². The quantitative estimate of drug-likeness (QED) is 0.776. The van der Waals surface area contributed by atoms with Crippen LogP contribution in [0.4, 0.5) is 0 Å². The number of aryl methyl sites for hydroxylation is 1. The Kier molecular flexibility index (Phi) is 4.15. The third-order valence-electron chi connectivity index (χ3n) is 2.62. The molecule has 1 heteroatoms. The second-order valence-corrected chi connectivity index (χ2v) is 4.26. The highest BCUT2D eigenvalue weighted by Crippen LogP contribution is 2.19. The summed E-state index contributed by atoms with van der Waals surface area (Å²) < 4.78 is 0. The Morgan fingerprint density at radius 1 is 1.14 bits per heavy atom. The molecule has 1 rings (SSSR count). The van der Waals surface area contributed by atoms with E-state index in [1.54, 1.807) is 0 Å². The van der Waals surface area contributed by atoms with Crippen LogP contribution < -0.4 is 5.73 Å². The van der Waals surface area contributed by atoms with E-state index in [1.165, 1.54) is 17.5 Å². The lowest BCUT2D eigenvalue weighted by molar-refractivity contribution is 0.514. The van der Waals surface area contributed by atoms with Gasteiger partial charge in [-0.25, -0.2) is 0 Å². The molecule has 0 saturated heterocycles. The van der Waals surface area contributed by atoms with Crippen LogP contribution in [-0.2, 0) is 6.42 Å². The fourth-order valence-corrected chi connectivity index (χ4v) is 1.58. The first kappa shape index (κ1) is 11.3. The second-order valence-electron chi connectivity index (χ2n) is 4.26. The summed E-state index contributed by atoms with van der Waals surface area (Å²) in [5, 5.41) is 0. The summed E-state index contributed by atoms with van der Waals surface area (Å²) in [6.07, 6.45) is 2.37. The minimum atomic E-state index is 0.172. The van der Waals surface area contributed by atoms with Crippen molar-refractivity contribution < 1.29 is 0 Å². The number of rotatable bonds is 4. The molecule has 0 aromatic heterocycles. The van der Waals surface area contributed by atoms with Gasteiger partial charge >= 0.3 is 0 Å². The fraction of sp³-hybridized carbons (Fsp3) is 0.538. The highest BCUT2D eigenvalue weighted by atomic mass is 14.6. The molecular weight excluding hydrogens is 170 g/mol. The van der Waals surface area contributed by atoms with Crippen LogP contribution in [0.2, 0.25) is 0 Å². The van der Waals surface area contributed by atoms with Crippen molar-refractivity contribution in [1.82, 2.24) is 0 Å². The molecule has 1 aromatic carbocycles. The summed E-state index contributed by atoms with van der Waals surface area (Å²) in [6, 6.07) is 8.89. The predicted octanol–water partition coefficient (Wildman–Crippen LogP) is 3.29. The van der Waals surface area contributed by atoms with E-state index in [0.717, 1.165) is 6.42 Å². The third kappa shape index (κ3) is 2.85. The summed E-state index contributed by atoms with van der Waals surface area (Å²) in [6.45, 7) is 6.52. The van der Waals surface area contributed by atoms with E-state index in [2.05, 4.69) is 45.0 Å². The third-order valence-corrected chi connectivity index (χ3v) is 2.62. The fourth-order valence-electron chi connectivity index (χ4n) is 1.58. The van der Waals surface area contributed by atoms with Crippen molar-refractivity contribution >= 4 is 0 Å². The SMILES string of the molecule is CCCc1ccc([C@H](N)C(C)C)cc1. The highest BCUT2D eigenvalue weighted by molar-refractivity contribution is 5.25. The topological polar surface area (TPSA) is 26.0 Å². The second kappa shape index (κ2) is 5.16. The number of nitrogens with two attached hydrogens (primary N) is 1. The summed E-state index contributed by atoms with van der Waals surface area (Å²) >= 11 is 0. The minimum Gasteiger partial charge on any atom is -0.324 e. The Balaban J connectivity index is 2.72. The van der Waals surface area contributed by atoms with Crippen molar-refractivity contribution in [2.24, 2.45) is 11.7 Å². The van der Waals surface area contributed by atoms with Gasteiger partial charge in [0.25, 0.3) is 0 Å². The van der Waals surface area contributed by atoms with Crippen molar-refractivity contribution in [3.63, 3.8) is 0 Å². The molecule has 0 unspecified atom stereocenters.